The highest BCUT2D eigenvalue weighted by molar-refractivity contribution is 6.12. The zero-order valence-corrected chi connectivity index (χ0v) is 20.7. The van der Waals surface area contributed by atoms with Crippen LogP contribution in [0.2, 0.25) is 0 Å². The van der Waals surface area contributed by atoms with E-state index in [0.717, 1.165) is 11.1 Å². The van der Waals surface area contributed by atoms with Gasteiger partial charge in [0, 0.05) is 54.4 Å². The molecule has 4 rings (SSSR count). The number of carbonyl (C=O) groups is 3. The number of rotatable bonds is 9. The smallest absolute Gasteiger partial charge is 0.307 e. The van der Waals surface area contributed by atoms with Crippen molar-refractivity contribution in [3.63, 3.8) is 0 Å². The van der Waals surface area contributed by atoms with E-state index in [1.165, 1.54) is 12.0 Å². The molecule has 37 heavy (non-hydrogen) atoms. The van der Waals surface area contributed by atoms with E-state index in [4.69, 9.17) is 10.00 Å². The molecule has 8 nitrogen and oxygen atoms in total. The number of aromatic nitrogens is 2. The summed E-state index contributed by atoms with van der Waals surface area (Å²) in [4.78, 5) is 44.2. The van der Waals surface area contributed by atoms with Crippen molar-refractivity contribution in [2.24, 2.45) is 7.05 Å². The Kier molecular flexibility index (Phi) is 7.74. The first kappa shape index (κ1) is 25.3. The monoisotopic (exact) mass is 494 g/mol. The summed E-state index contributed by atoms with van der Waals surface area (Å²) in [5.74, 6) is -0.373. The number of methoxy groups -OCH3 is 1. The van der Waals surface area contributed by atoms with Gasteiger partial charge < -0.3 is 9.30 Å². The van der Waals surface area contributed by atoms with Gasteiger partial charge in [0.15, 0.2) is 5.78 Å². The molecule has 1 amide bonds. The quantitative estimate of drug-likeness (QED) is 0.251. The fourth-order valence-electron chi connectivity index (χ4n) is 4.18. The molecular formula is C29H26N4O4. The molecule has 2 aromatic carbocycles. The minimum atomic E-state index is -0.428. The summed E-state index contributed by atoms with van der Waals surface area (Å²) in [6.45, 7) is 0.103. The number of hydrogen-bond donors (Lipinski definition) is 0. The first-order valence-electron chi connectivity index (χ1n) is 11.8. The highest BCUT2D eigenvalue weighted by atomic mass is 16.5. The topological polar surface area (TPSA) is 105 Å². The number of fused-ring (bicyclic) bond motifs is 1. The maximum Gasteiger partial charge on any atom is 0.307 e. The second-order valence-electron chi connectivity index (χ2n) is 8.59. The lowest BCUT2D eigenvalue weighted by Crippen LogP contribution is -2.33. The molecular weight excluding hydrogens is 468 g/mol. The normalized spacial score (nSPS) is 10.6. The fraction of sp³-hybridized carbons (Fsp3) is 0.207. The third-order valence-corrected chi connectivity index (χ3v) is 6.20. The molecule has 0 atom stereocenters. The number of amides is 1. The molecule has 186 valence electrons. The predicted octanol–water partition coefficient (Wildman–Crippen LogP) is 4.47. The predicted molar refractivity (Wildman–Crippen MR) is 139 cm³/mol. The lowest BCUT2D eigenvalue weighted by molar-refractivity contribution is -0.140. The number of pyridine rings is 1. The van der Waals surface area contributed by atoms with Crippen molar-refractivity contribution in [2.45, 2.75) is 19.3 Å². The van der Waals surface area contributed by atoms with E-state index < -0.39 is 5.97 Å². The Balaban J connectivity index is 1.61. The number of ketones is 1. The summed E-state index contributed by atoms with van der Waals surface area (Å²) in [7, 11) is 3.16. The Morgan fingerprint density at radius 1 is 1.05 bits per heavy atom. The SMILES string of the molecule is COC(=O)CCN(C(=O)c1ccc2c(c1)c(C(=O)CCc1ccc(C#N)cc1)cn2C)c1ccccn1. The average Bonchev–Trinajstić information content (AvgIpc) is 3.28. The molecule has 0 aliphatic heterocycles. The Labute approximate surface area is 214 Å². The molecule has 0 radical (unpaired) electrons. The van der Waals surface area contributed by atoms with Crippen molar-refractivity contribution in [3.8, 4) is 6.07 Å². The van der Waals surface area contributed by atoms with Crippen LogP contribution >= 0.6 is 0 Å². The van der Waals surface area contributed by atoms with Crippen LogP contribution in [0.3, 0.4) is 0 Å². The number of benzene rings is 2. The number of carbonyl (C=O) groups excluding carboxylic acids is 3. The molecule has 0 bridgehead atoms. The number of nitriles is 1. The van der Waals surface area contributed by atoms with Crippen LogP contribution in [0.4, 0.5) is 5.82 Å². The molecule has 8 heteroatoms. The zero-order valence-electron chi connectivity index (χ0n) is 20.7. The minimum absolute atomic E-state index is 0.0193. The van der Waals surface area contributed by atoms with Crippen LogP contribution in [0.5, 0.6) is 0 Å². The Hall–Kier alpha value is -4.77. The second-order valence-corrected chi connectivity index (χ2v) is 8.59. The first-order valence-corrected chi connectivity index (χ1v) is 11.8. The summed E-state index contributed by atoms with van der Waals surface area (Å²) in [5, 5.41) is 9.65. The maximum atomic E-state index is 13.6. The van der Waals surface area contributed by atoms with Crippen LogP contribution < -0.4 is 4.90 Å². The van der Waals surface area contributed by atoms with E-state index in [1.54, 1.807) is 54.9 Å². The molecule has 2 aromatic heterocycles. The van der Waals surface area contributed by atoms with E-state index >= 15 is 0 Å². The summed E-state index contributed by atoms with van der Waals surface area (Å²) in [5.41, 5.74) is 3.31. The van der Waals surface area contributed by atoms with E-state index in [0.29, 0.717) is 40.7 Å². The summed E-state index contributed by atoms with van der Waals surface area (Å²) < 4.78 is 6.61. The van der Waals surface area contributed by atoms with Gasteiger partial charge >= 0.3 is 5.97 Å². The lowest BCUT2D eigenvalue weighted by atomic mass is 10.0. The largest absolute Gasteiger partial charge is 0.469 e. The van der Waals surface area contributed by atoms with E-state index in [2.05, 4.69) is 11.1 Å². The molecule has 0 spiro atoms. The van der Waals surface area contributed by atoms with Crippen molar-refractivity contribution >= 4 is 34.4 Å². The molecule has 0 fully saturated rings. The number of nitrogens with zero attached hydrogens (tertiary/aromatic N) is 4. The molecule has 0 unspecified atom stereocenters. The second kappa shape index (κ2) is 11.3. The molecule has 0 saturated carbocycles. The Bertz CT molecular complexity index is 1480. The average molecular weight is 495 g/mol. The van der Waals surface area contributed by atoms with Crippen molar-refractivity contribution in [2.75, 3.05) is 18.6 Å². The van der Waals surface area contributed by atoms with Gasteiger partial charge in [0.25, 0.3) is 5.91 Å². The summed E-state index contributed by atoms with van der Waals surface area (Å²) >= 11 is 0. The number of anilines is 1. The molecule has 0 saturated heterocycles. The first-order chi connectivity index (χ1) is 17.9. The van der Waals surface area contributed by atoms with E-state index in [-0.39, 0.29) is 24.7 Å². The van der Waals surface area contributed by atoms with Crippen molar-refractivity contribution in [3.05, 3.63) is 95.3 Å². The van der Waals surface area contributed by atoms with Crippen molar-refractivity contribution in [1.29, 1.82) is 5.26 Å². The minimum Gasteiger partial charge on any atom is -0.469 e. The van der Waals surface area contributed by atoms with Crippen LogP contribution in [0, 0.1) is 11.3 Å². The van der Waals surface area contributed by atoms with Gasteiger partial charge in [-0.2, -0.15) is 5.26 Å². The van der Waals surface area contributed by atoms with E-state index in [1.807, 2.05) is 29.8 Å². The molecule has 0 aliphatic rings. The van der Waals surface area contributed by atoms with Gasteiger partial charge in [-0.05, 0) is 54.4 Å². The van der Waals surface area contributed by atoms with Crippen LogP contribution in [0.25, 0.3) is 10.9 Å². The highest BCUT2D eigenvalue weighted by Crippen LogP contribution is 2.25. The lowest BCUT2D eigenvalue weighted by Gasteiger charge is -2.21. The van der Waals surface area contributed by atoms with Crippen LogP contribution in [0.1, 0.15) is 44.7 Å². The number of aryl methyl sites for hydroxylation is 2. The van der Waals surface area contributed by atoms with Crippen LogP contribution in [-0.2, 0) is 23.0 Å². The van der Waals surface area contributed by atoms with Gasteiger partial charge in [-0.15, -0.1) is 0 Å². The summed E-state index contributed by atoms with van der Waals surface area (Å²) in [6.07, 6.45) is 4.22. The fourth-order valence-corrected chi connectivity index (χ4v) is 4.18. The van der Waals surface area contributed by atoms with Crippen LogP contribution in [0.15, 0.2) is 73.1 Å². The third-order valence-electron chi connectivity index (χ3n) is 6.20. The number of ether oxygens (including phenoxy) is 1. The van der Waals surface area contributed by atoms with Gasteiger partial charge in [0.1, 0.15) is 5.82 Å². The Morgan fingerprint density at radius 2 is 1.84 bits per heavy atom. The summed E-state index contributed by atoms with van der Waals surface area (Å²) in [6, 6.07) is 19.7. The molecule has 0 aliphatic carbocycles. The van der Waals surface area contributed by atoms with Gasteiger partial charge in [0.2, 0.25) is 0 Å². The third kappa shape index (κ3) is 5.73. The highest BCUT2D eigenvalue weighted by Gasteiger charge is 2.22. The van der Waals surface area contributed by atoms with Gasteiger partial charge in [-0.1, -0.05) is 18.2 Å². The zero-order chi connectivity index (χ0) is 26.4. The van der Waals surface area contributed by atoms with E-state index in [9.17, 15) is 14.4 Å². The van der Waals surface area contributed by atoms with Crippen molar-refractivity contribution < 1.29 is 19.1 Å². The van der Waals surface area contributed by atoms with Gasteiger partial charge in [-0.3, -0.25) is 19.3 Å². The number of Topliss-reactive ketones (excluding diaryl/α,β-unsaturated/α-hetero) is 1. The standard InChI is InChI=1S/C29H26N4O4/c1-32-19-24(26(34)13-10-20-6-8-21(18-30)9-7-20)23-17-22(11-12-25(23)32)29(36)33(16-14-28(35)37-2)27-5-3-4-15-31-27/h3-9,11-12,15,17,19H,10,13-14,16H2,1-2H3. The molecule has 0 N–H and O–H groups in total. The van der Waals surface area contributed by atoms with Crippen LogP contribution in [-0.4, -0.2) is 40.9 Å². The maximum absolute atomic E-state index is 13.6. The molecule has 4 aromatic rings. The number of hydrogen-bond acceptors (Lipinski definition) is 6. The van der Waals surface area contributed by atoms with Gasteiger partial charge in [-0.25, -0.2) is 4.98 Å². The molecule has 2 heterocycles. The number of esters is 1. The van der Waals surface area contributed by atoms with Gasteiger partial charge in [0.05, 0.1) is 25.2 Å². The Morgan fingerprint density at radius 3 is 2.51 bits per heavy atom. The van der Waals surface area contributed by atoms with Crippen molar-refractivity contribution in [1.82, 2.24) is 9.55 Å².